The number of aromatic amines is 1. The van der Waals surface area contributed by atoms with Crippen molar-refractivity contribution in [3.63, 3.8) is 0 Å². The van der Waals surface area contributed by atoms with Crippen LogP contribution in [0.5, 0.6) is 0 Å². The molecule has 2 aromatic rings. The molecular formula is C10H8BrIN4O. The van der Waals surface area contributed by atoms with Gasteiger partial charge >= 0.3 is 0 Å². The number of rotatable bonds is 3. The fraction of sp³-hybridized carbons (Fsp3) is 0.100. The standard InChI is InChI=1S/C10H8BrIN4O/c11-8-2-1-6(12)3-7(8)10(17)13-4-9-14-5-15-16-9/h1-3,5H,4H2,(H,13,17)(H,14,15,16). The Morgan fingerprint density at radius 1 is 1.53 bits per heavy atom. The highest BCUT2D eigenvalue weighted by molar-refractivity contribution is 14.1. The maximum Gasteiger partial charge on any atom is 0.252 e. The number of nitrogens with zero attached hydrogens (tertiary/aromatic N) is 2. The number of H-pyrrole nitrogens is 1. The SMILES string of the molecule is O=C(NCc1ncn[nH]1)c1cc(I)ccc1Br. The van der Waals surface area contributed by atoms with Gasteiger partial charge in [-0.3, -0.25) is 9.89 Å². The summed E-state index contributed by atoms with van der Waals surface area (Å²) in [7, 11) is 0. The van der Waals surface area contributed by atoms with Crippen LogP contribution < -0.4 is 5.32 Å². The fourth-order valence-electron chi connectivity index (χ4n) is 1.25. The van der Waals surface area contributed by atoms with Gasteiger partial charge in [-0.15, -0.1) is 0 Å². The Morgan fingerprint density at radius 2 is 2.35 bits per heavy atom. The highest BCUT2D eigenvalue weighted by atomic mass is 127. The van der Waals surface area contributed by atoms with Crippen LogP contribution in [0.3, 0.4) is 0 Å². The summed E-state index contributed by atoms with van der Waals surface area (Å²) in [6.45, 7) is 0.330. The van der Waals surface area contributed by atoms with Crippen LogP contribution in [-0.4, -0.2) is 21.1 Å². The molecule has 0 spiro atoms. The molecule has 2 rings (SSSR count). The van der Waals surface area contributed by atoms with Gasteiger partial charge in [-0.1, -0.05) is 0 Å². The summed E-state index contributed by atoms with van der Waals surface area (Å²) in [5, 5.41) is 9.15. The molecule has 1 aromatic heterocycles. The third-order valence-corrected chi connectivity index (χ3v) is 3.42. The minimum Gasteiger partial charge on any atom is -0.345 e. The van der Waals surface area contributed by atoms with Crippen LogP contribution in [0, 0.1) is 3.57 Å². The van der Waals surface area contributed by atoms with E-state index in [2.05, 4.69) is 59.0 Å². The van der Waals surface area contributed by atoms with Crippen molar-refractivity contribution in [1.29, 1.82) is 0 Å². The number of benzene rings is 1. The van der Waals surface area contributed by atoms with Gasteiger partial charge in [0.05, 0.1) is 12.1 Å². The molecule has 1 aromatic carbocycles. The molecule has 2 N–H and O–H groups in total. The Morgan fingerprint density at radius 3 is 3.06 bits per heavy atom. The Hall–Kier alpha value is -0.960. The summed E-state index contributed by atoms with van der Waals surface area (Å²) in [5.74, 6) is 0.479. The molecule has 17 heavy (non-hydrogen) atoms. The molecule has 0 unspecified atom stereocenters. The van der Waals surface area contributed by atoms with Crippen LogP contribution in [0.15, 0.2) is 29.0 Å². The number of hydrogen-bond donors (Lipinski definition) is 2. The second kappa shape index (κ2) is 5.58. The summed E-state index contributed by atoms with van der Waals surface area (Å²) in [6, 6.07) is 5.60. The number of amides is 1. The molecule has 0 saturated heterocycles. The number of nitrogens with one attached hydrogen (secondary N) is 2. The maximum absolute atomic E-state index is 11.9. The highest BCUT2D eigenvalue weighted by Gasteiger charge is 2.10. The molecule has 0 aliphatic heterocycles. The molecule has 7 heteroatoms. The van der Waals surface area contributed by atoms with Gasteiger partial charge in [0.15, 0.2) is 0 Å². The van der Waals surface area contributed by atoms with E-state index in [1.165, 1.54) is 6.33 Å². The number of hydrogen-bond acceptors (Lipinski definition) is 3. The molecule has 5 nitrogen and oxygen atoms in total. The molecular weight excluding hydrogens is 399 g/mol. The Labute approximate surface area is 120 Å². The summed E-state index contributed by atoms with van der Waals surface area (Å²) in [4.78, 5) is 15.8. The van der Waals surface area contributed by atoms with E-state index in [1.807, 2.05) is 18.2 Å². The van der Waals surface area contributed by atoms with Crippen molar-refractivity contribution < 1.29 is 4.79 Å². The molecule has 0 aliphatic rings. The van der Waals surface area contributed by atoms with E-state index in [0.717, 1.165) is 8.04 Å². The van der Waals surface area contributed by atoms with Crippen LogP contribution in [0.25, 0.3) is 0 Å². The summed E-state index contributed by atoms with van der Waals surface area (Å²) >= 11 is 5.51. The van der Waals surface area contributed by atoms with Crippen LogP contribution in [0.2, 0.25) is 0 Å². The van der Waals surface area contributed by atoms with Crippen molar-refractivity contribution in [1.82, 2.24) is 20.5 Å². The molecule has 1 heterocycles. The van der Waals surface area contributed by atoms with Gasteiger partial charge < -0.3 is 5.32 Å². The van der Waals surface area contributed by atoms with Crippen molar-refractivity contribution in [2.45, 2.75) is 6.54 Å². The van der Waals surface area contributed by atoms with Crippen molar-refractivity contribution in [2.24, 2.45) is 0 Å². The number of carbonyl (C=O) groups excluding carboxylic acids is 1. The summed E-state index contributed by atoms with van der Waals surface area (Å²) in [5.41, 5.74) is 0.608. The lowest BCUT2D eigenvalue weighted by atomic mass is 10.2. The quantitative estimate of drug-likeness (QED) is 0.767. The molecule has 0 fully saturated rings. The molecule has 0 radical (unpaired) electrons. The monoisotopic (exact) mass is 406 g/mol. The molecule has 1 amide bonds. The molecule has 0 atom stereocenters. The molecule has 0 saturated carbocycles. The highest BCUT2D eigenvalue weighted by Crippen LogP contribution is 2.19. The topological polar surface area (TPSA) is 70.7 Å². The second-order valence-electron chi connectivity index (χ2n) is 3.24. The van der Waals surface area contributed by atoms with Gasteiger partial charge in [-0.2, -0.15) is 5.10 Å². The van der Waals surface area contributed by atoms with Crippen molar-refractivity contribution in [2.75, 3.05) is 0 Å². The fourth-order valence-corrected chi connectivity index (χ4v) is 2.16. The average molecular weight is 407 g/mol. The number of halogens is 2. The van der Waals surface area contributed by atoms with Crippen molar-refractivity contribution in [3.8, 4) is 0 Å². The van der Waals surface area contributed by atoms with Crippen molar-refractivity contribution in [3.05, 3.63) is 44.0 Å². The lowest BCUT2D eigenvalue weighted by Gasteiger charge is -2.05. The Kier molecular flexibility index (Phi) is 4.11. The predicted octanol–water partition coefficient (Wildman–Crippen LogP) is 2.10. The molecule has 88 valence electrons. The Balaban J connectivity index is 2.07. The smallest absolute Gasteiger partial charge is 0.252 e. The van der Waals surface area contributed by atoms with Crippen molar-refractivity contribution >= 4 is 44.4 Å². The van der Waals surface area contributed by atoms with Crippen LogP contribution in [0.4, 0.5) is 0 Å². The molecule has 0 bridgehead atoms. The van der Waals surface area contributed by atoms with Gasteiger partial charge in [-0.05, 0) is 56.7 Å². The third kappa shape index (κ3) is 3.25. The number of carbonyl (C=O) groups is 1. The van der Waals surface area contributed by atoms with Crippen LogP contribution in [-0.2, 0) is 6.54 Å². The zero-order valence-electron chi connectivity index (χ0n) is 8.58. The zero-order chi connectivity index (χ0) is 12.3. The van der Waals surface area contributed by atoms with Gasteiger partial charge in [0, 0.05) is 8.04 Å². The largest absolute Gasteiger partial charge is 0.345 e. The van der Waals surface area contributed by atoms with Gasteiger partial charge in [0.25, 0.3) is 5.91 Å². The van der Waals surface area contributed by atoms with E-state index in [4.69, 9.17) is 0 Å². The first kappa shape index (κ1) is 12.5. The maximum atomic E-state index is 11.9. The van der Waals surface area contributed by atoms with Crippen LogP contribution >= 0.6 is 38.5 Å². The predicted molar refractivity (Wildman–Crippen MR) is 74.4 cm³/mol. The van der Waals surface area contributed by atoms with E-state index in [1.54, 1.807) is 0 Å². The minimum absolute atomic E-state index is 0.146. The third-order valence-electron chi connectivity index (χ3n) is 2.05. The first-order chi connectivity index (χ1) is 8.16. The lowest BCUT2D eigenvalue weighted by molar-refractivity contribution is 0.0949. The lowest BCUT2D eigenvalue weighted by Crippen LogP contribution is -2.23. The zero-order valence-corrected chi connectivity index (χ0v) is 12.3. The van der Waals surface area contributed by atoms with Gasteiger partial charge in [0.2, 0.25) is 0 Å². The van der Waals surface area contributed by atoms with E-state index >= 15 is 0 Å². The number of aromatic nitrogens is 3. The van der Waals surface area contributed by atoms with Gasteiger partial charge in [-0.25, -0.2) is 4.98 Å². The Bertz CT molecular complexity index is 529. The summed E-state index contributed by atoms with van der Waals surface area (Å²) < 4.78 is 1.78. The average Bonchev–Trinajstić information content (AvgIpc) is 2.82. The summed E-state index contributed by atoms with van der Waals surface area (Å²) in [6.07, 6.45) is 1.41. The second-order valence-corrected chi connectivity index (χ2v) is 5.34. The van der Waals surface area contributed by atoms with E-state index in [-0.39, 0.29) is 5.91 Å². The first-order valence-corrected chi connectivity index (χ1v) is 6.61. The van der Waals surface area contributed by atoms with E-state index < -0.39 is 0 Å². The van der Waals surface area contributed by atoms with Crippen LogP contribution in [0.1, 0.15) is 16.2 Å². The normalized spacial score (nSPS) is 10.2. The minimum atomic E-state index is -0.146. The first-order valence-electron chi connectivity index (χ1n) is 4.74. The van der Waals surface area contributed by atoms with Gasteiger partial charge in [0.1, 0.15) is 12.2 Å². The molecule has 0 aliphatic carbocycles. The van der Waals surface area contributed by atoms with E-state index in [0.29, 0.717) is 17.9 Å². The van der Waals surface area contributed by atoms with E-state index in [9.17, 15) is 4.79 Å².